The van der Waals surface area contributed by atoms with Crippen LogP contribution >= 0.6 is 11.8 Å². The molecule has 1 aromatic carbocycles. The highest BCUT2D eigenvalue weighted by Crippen LogP contribution is 2.28. The van der Waals surface area contributed by atoms with Crippen molar-refractivity contribution in [3.8, 4) is 0 Å². The van der Waals surface area contributed by atoms with Crippen molar-refractivity contribution in [2.75, 3.05) is 5.75 Å². The maximum atomic E-state index is 12.1. The number of rotatable bonds is 5. The zero-order chi connectivity index (χ0) is 13.7. The molecule has 0 spiro atoms. The Labute approximate surface area is 121 Å². The van der Waals surface area contributed by atoms with Crippen LogP contribution in [0.5, 0.6) is 0 Å². The van der Waals surface area contributed by atoms with Crippen LogP contribution in [-0.4, -0.2) is 16.8 Å². The highest BCUT2D eigenvalue weighted by molar-refractivity contribution is 8.00. The first-order valence-electron chi connectivity index (χ1n) is 7.34. The van der Waals surface area contributed by atoms with Crippen LogP contribution in [0.2, 0.25) is 0 Å². The lowest BCUT2D eigenvalue weighted by atomic mass is 10.0. The molecule has 19 heavy (non-hydrogen) atoms. The van der Waals surface area contributed by atoms with E-state index in [-0.39, 0.29) is 0 Å². The first kappa shape index (κ1) is 14.6. The SMILES string of the molecule is Cc1ccc(C)c(CC(=O)CSC2CCCCC2)c1. The fourth-order valence-electron chi connectivity index (χ4n) is 2.70. The average molecular weight is 276 g/mol. The fourth-order valence-corrected chi connectivity index (χ4v) is 3.89. The average Bonchev–Trinajstić information content (AvgIpc) is 2.42. The molecule has 2 rings (SSSR count). The van der Waals surface area contributed by atoms with E-state index < -0.39 is 0 Å². The van der Waals surface area contributed by atoms with Crippen LogP contribution in [0.15, 0.2) is 18.2 Å². The minimum atomic E-state index is 0.379. The molecule has 1 aromatic rings. The minimum Gasteiger partial charge on any atom is -0.298 e. The third-order valence-corrected chi connectivity index (χ3v) is 5.36. The van der Waals surface area contributed by atoms with Crippen LogP contribution in [-0.2, 0) is 11.2 Å². The zero-order valence-electron chi connectivity index (χ0n) is 12.1. The molecule has 0 radical (unpaired) electrons. The third kappa shape index (κ3) is 4.68. The summed E-state index contributed by atoms with van der Waals surface area (Å²) in [5.41, 5.74) is 3.68. The van der Waals surface area contributed by atoms with E-state index in [0.29, 0.717) is 18.0 Å². The number of Topliss-reactive ketones (excluding diaryl/α,β-unsaturated/α-hetero) is 1. The van der Waals surface area contributed by atoms with E-state index >= 15 is 0 Å². The number of aryl methyl sites for hydroxylation is 2. The Hall–Kier alpha value is -0.760. The molecule has 0 amide bonds. The van der Waals surface area contributed by atoms with Crippen LogP contribution in [0.4, 0.5) is 0 Å². The first-order chi connectivity index (χ1) is 9.15. The Bertz CT molecular complexity index is 433. The predicted octanol–water partition coefficient (Wildman–Crippen LogP) is 4.48. The summed E-state index contributed by atoms with van der Waals surface area (Å²) in [4.78, 5) is 12.1. The molecule has 0 saturated heterocycles. The van der Waals surface area contributed by atoms with Crippen molar-refractivity contribution in [3.63, 3.8) is 0 Å². The Kier molecular flexibility index (Phi) is 5.50. The molecule has 1 fully saturated rings. The van der Waals surface area contributed by atoms with Gasteiger partial charge in [-0.25, -0.2) is 0 Å². The summed E-state index contributed by atoms with van der Waals surface area (Å²) < 4.78 is 0. The van der Waals surface area contributed by atoms with Gasteiger partial charge in [-0.05, 0) is 37.8 Å². The monoisotopic (exact) mass is 276 g/mol. The van der Waals surface area contributed by atoms with E-state index in [9.17, 15) is 4.79 Å². The number of thioether (sulfide) groups is 1. The molecule has 0 heterocycles. The lowest BCUT2D eigenvalue weighted by Gasteiger charge is -2.20. The fraction of sp³-hybridized carbons (Fsp3) is 0.588. The van der Waals surface area contributed by atoms with Crippen molar-refractivity contribution in [2.45, 2.75) is 57.6 Å². The summed E-state index contributed by atoms with van der Waals surface area (Å²) in [7, 11) is 0. The van der Waals surface area contributed by atoms with Gasteiger partial charge in [-0.1, -0.05) is 43.0 Å². The number of ketones is 1. The van der Waals surface area contributed by atoms with Crippen LogP contribution in [0.25, 0.3) is 0 Å². The van der Waals surface area contributed by atoms with Crippen LogP contribution in [0.3, 0.4) is 0 Å². The summed E-state index contributed by atoms with van der Waals surface area (Å²) >= 11 is 1.89. The van der Waals surface area contributed by atoms with Crippen molar-refractivity contribution < 1.29 is 4.79 Å². The molecule has 1 saturated carbocycles. The second kappa shape index (κ2) is 7.14. The number of benzene rings is 1. The molecule has 0 N–H and O–H groups in total. The van der Waals surface area contributed by atoms with E-state index in [4.69, 9.17) is 0 Å². The van der Waals surface area contributed by atoms with Gasteiger partial charge in [0, 0.05) is 11.7 Å². The highest BCUT2D eigenvalue weighted by Gasteiger charge is 2.15. The standard InChI is InChI=1S/C17H24OS/c1-13-8-9-14(2)15(10-13)11-16(18)12-19-17-6-4-3-5-7-17/h8-10,17H,3-7,11-12H2,1-2H3. The predicted molar refractivity (Wildman–Crippen MR) is 84.0 cm³/mol. The van der Waals surface area contributed by atoms with Crippen LogP contribution in [0, 0.1) is 13.8 Å². The maximum absolute atomic E-state index is 12.1. The largest absolute Gasteiger partial charge is 0.298 e. The van der Waals surface area contributed by atoms with Gasteiger partial charge >= 0.3 is 0 Å². The van der Waals surface area contributed by atoms with E-state index in [1.54, 1.807) is 0 Å². The lowest BCUT2D eigenvalue weighted by Crippen LogP contribution is -2.13. The second-order valence-electron chi connectivity index (χ2n) is 5.72. The van der Waals surface area contributed by atoms with Crippen molar-refractivity contribution in [1.82, 2.24) is 0 Å². The summed E-state index contributed by atoms with van der Waals surface area (Å²) in [6.45, 7) is 4.18. The van der Waals surface area contributed by atoms with Gasteiger partial charge in [-0.15, -0.1) is 0 Å². The quantitative estimate of drug-likeness (QED) is 0.788. The second-order valence-corrected chi connectivity index (χ2v) is 7.01. The van der Waals surface area contributed by atoms with Gasteiger partial charge in [0.05, 0.1) is 5.75 Å². The van der Waals surface area contributed by atoms with Gasteiger partial charge in [-0.3, -0.25) is 4.79 Å². The summed E-state index contributed by atoms with van der Waals surface area (Å²) in [6, 6.07) is 6.38. The number of carbonyl (C=O) groups excluding carboxylic acids is 1. The van der Waals surface area contributed by atoms with Crippen LogP contribution in [0.1, 0.15) is 48.8 Å². The normalized spacial score (nSPS) is 16.5. The van der Waals surface area contributed by atoms with Crippen molar-refractivity contribution in [2.24, 2.45) is 0 Å². The van der Waals surface area contributed by atoms with Crippen molar-refractivity contribution >= 4 is 17.5 Å². The number of hydrogen-bond acceptors (Lipinski definition) is 2. The van der Waals surface area contributed by atoms with Gasteiger partial charge in [0.2, 0.25) is 0 Å². The summed E-state index contributed by atoms with van der Waals surface area (Å²) in [5.74, 6) is 1.07. The topological polar surface area (TPSA) is 17.1 Å². The minimum absolute atomic E-state index is 0.379. The molecule has 0 aliphatic heterocycles. The molecule has 0 bridgehead atoms. The molecular formula is C17H24OS. The van der Waals surface area contributed by atoms with Gasteiger partial charge in [0.15, 0.2) is 0 Å². The van der Waals surface area contributed by atoms with E-state index in [1.807, 2.05) is 11.8 Å². The van der Waals surface area contributed by atoms with E-state index in [1.165, 1.54) is 48.8 Å². The lowest BCUT2D eigenvalue weighted by molar-refractivity contribution is -0.116. The number of carbonyl (C=O) groups is 1. The Balaban J connectivity index is 1.81. The summed E-state index contributed by atoms with van der Waals surface area (Å²) in [6.07, 6.45) is 7.30. The molecule has 0 aromatic heterocycles. The molecule has 0 unspecified atom stereocenters. The molecule has 0 atom stereocenters. The molecular weight excluding hydrogens is 252 g/mol. The van der Waals surface area contributed by atoms with E-state index in [2.05, 4.69) is 32.0 Å². The van der Waals surface area contributed by atoms with Gasteiger partial charge in [0.25, 0.3) is 0 Å². The summed E-state index contributed by atoms with van der Waals surface area (Å²) in [5, 5.41) is 0.733. The maximum Gasteiger partial charge on any atom is 0.147 e. The van der Waals surface area contributed by atoms with E-state index in [0.717, 1.165) is 5.25 Å². The van der Waals surface area contributed by atoms with Crippen molar-refractivity contribution in [3.05, 3.63) is 34.9 Å². The molecule has 1 aliphatic rings. The molecule has 2 heteroatoms. The first-order valence-corrected chi connectivity index (χ1v) is 8.39. The Morgan fingerprint density at radius 1 is 1.21 bits per heavy atom. The van der Waals surface area contributed by atoms with Crippen LogP contribution < -0.4 is 0 Å². The zero-order valence-corrected chi connectivity index (χ0v) is 12.9. The molecule has 1 nitrogen and oxygen atoms in total. The van der Waals surface area contributed by atoms with Gasteiger partial charge < -0.3 is 0 Å². The highest BCUT2D eigenvalue weighted by atomic mass is 32.2. The van der Waals surface area contributed by atoms with Gasteiger partial charge in [-0.2, -0.15) is 11.8 Å². The molecule has 104 valence electrons. The van der Waals surface area contributed by atoms with Crippen molar-refractivity contribution in [1.29, 1.82) is 0 Å². The molecule has 1 aliphatic carbocycles. The third-order valence-electron chi connectivity index (χ3n) is 3.92. The smallest absolute Gasteiger partial charge is 0.147 e. The number of hydrogen-bond donors (Lipinski definition) is 0. The Morgan fingerprint density at radius 3 is 2.68 bits per heavy atom. The Morgan fingerprint density at radius 2 is 1.95 bits per heavy atom. The van der Waals surface area contributed by atoms with Gasteiger partial charge in [0.1, 0.15) is 5.78 Å².